The van der Waals surface area contributed by atoms with Gasteiger partial charge in [-0.05, 0) is 54.8 Å². The Hall–Kier alpha value is -2.88. The van der Waals surface area contributed by atoms with Gasteiger partial charge in [0.1, 0.15) is 0 Å². The Balaban J connectivity index is 1.53. The highest BCUT2D eigenvalue weighted by molar-refractivity contribution is 5.94. The van der Waals surface area contributed by atoms with Gasteiger partial charge in [-0.15, -0.1) is 0 Å². The summed E-state index contributed by atoms with van der Waals surface area (Å²) < 4.78 is 1.99. The number of pyridine rings is 1. The number of hydrogen-bond donors (Lipinski definition) is 1. The summed E-state index contributed by atoms with van der Waals surface area (Å²) in [5, 5.41) is 2.97. The van der Waals surface area contributed by atoms with Crippen LogP contribution in [-0.2, 0) is 6.42 Å². The molecule has 0 spiro atoms. The first-order chi connectivity index (χ1) is 11.3. The van der Waals surface area contributed by atoms with Gasteiger partial charge in [-0.2, -0.15) is 0 Å². The quantitative estimate of drug-likeness (QED) is 0.711. The molecule has 0 radical (unpaired) electrons. The number of benzene rings is 1. The first kappa shape index (κ1) is 15.0. The summed E-state index contributed by atoms with van der Waals surface area (Å²) in [4.78, 5) is 16.3. The van der Waals surface area contributed by atoms with E-state index < -0.39 is 0 Å². The van der Waals surface area contributed by atoms with Gasteiger partial charge in [0.15, 0.2) is 0 Å². The molecule has 1 aromatic carbocycles. The van der Waals surface area contributed by atoms with Crippen molar-refractivity contribution in [1.82, 2.24) is 14.9 Å². The van der Waals surface area contributed by atoms with Crippen molar-refractivity contribution >= 4 is 5.91 Å². The zero-order valence-electron chi connectivity index (χ0n) is 12.9. The van der Waals surface area contributed by atoms with Crippen LogP contribution in [0.25, 0.3) is 5.69 Å². The minimum Gasteiger partial charge on any atom is -0.352 e. The number of aryl methyl sites for hydroxylation is 1. The molecule has 0 atom stereocenters. The van der Waals surface area contributed by atoms with Crippen LogP contribution in [0.15, 0.2) is 73.3 Å². The monoisotopic (exact) mass is 305 g/mol. The van der Waals surface area contributed by atoms with Crippen molar-refractivity contribution in [3.05, 3.63) is 84.4 Å². The van der Waals surface area contributed by atoms with Crippen molar-refractivity contribution in [1.29, 1.82) is 0 Å². The molecule has 1 amide bonds. The Labute approximate surface area is 135 Å². The summed E-state index contributed by atoms with van der Waals surface area (Å²) in [5.41, 5.74) is 2.85. The topological polar surface area (TPSA) is 46.9 Å². The Morgan fingerprint density at radius 1 is 1.09 bits per heavy atom. The molecule has 23 heavy (non-hydrogen) atoms. The molecule has 3 rings (SSSR count). The smallest absolute Gasteiger partial charge is 0.251 e. The number of hydrogen-bond acceptors (Lipinski definition) is 2. The molecule has 2 heterocycles. The van der Waals surface area contributed by atoms with E-state index in [2.05, 4.69) is 16.4 Å². The number of aromatic nitrogens is 2. The molecule has 1 N–H and O–H groups in total. The number of carbonyl (C=O) groups is 1. The van der Waals surface area contributed by atoms with Crippen LogP contribution >= 0.6 is 0 Å². The van der Waals surface area contributed by atoms with Crippen molar-refractivity contribution in [2.45, 2.75) is 12.8 Å². The Morgan fingerprint density at radius 3 is 2.74 bits per heavy atom. The van der Waals surface area contributed by atoms with Gasteiger partial charge in [0, 0.05) is 42.6 Å². The SMILES string of the molecule is O=C(NCCCc1cccnc1)c1cccc(-n2cccc2)c1. The molecule has 4 heteroatoms. The number of rotatable bonds is 6. The summed E-state index contributed by atoms with van der Waals surface area (Å²) in [6.07, 6.45) is 9.37. The third-order valence-electron chi connectivity index (χ3n) is 3.66. The highest BCUT2D eigenvalue weighted by atomic mass is 16.1. The summed E-state index contributed by atoms with van der Waals surface area (Å²) >= 11 is 0. The maximum atomic E-state index is 12.2. The van der Waals surface area contributed by atoms with Crippen molar-refractivity contribution < 1.29 is 4.79 Å². The van der Waals surface area contributed by atoms with E-state index in [-0.39, 0.29) is 5.91 Å². The molecule has 4 nitrogen and oxygen atoms in total. The molecule has 0 bridgehead atoms. The van der Waals surface area contributed by atoms with Crippen LogP contribution in [0.1, 0.15) is 22.3 Å². The predicted molar refractivity (Wildman–Crippen MR) is 90.7 cm³/mol. The molecule has 116 valence electrons. The number of nitrogens with zero attached hydrogens (tertiary/aromatic N) is 2. The molecule has 0 aliphatic rings. The van der Waals surface area contributed by atoms with E-state index in [1.165, 1.54) is 5.56 Å². The van der Waals surface area contributed by atoms with Crippen molar-refractivity contribution in [2.75, 3.05) is 6.54 Å². The van der Waals surface area contributed by atoms with Gasteiger partial charge >= 0.3 is 0 Å². The average molecular weight is 305 g/mol. The zero-order chi connectivity index (χ0) is 15.9. The summed E-state index contributed by atoms with van der Waals surface area (Å²) in [5.74, 6) is -0.0369. The van der Waals surface area contributed by atoms with Crippen LogP contribution in [-0.4, -0.2) is 22.0 Å². The fraction of sp³-hybridized carbons (Fsp3) is 0.158. The van der Waals surface area contributed by atoms with Crippen LogP contribution in [0.3, 0.4) is 0 Å². The van der Waals surface area contributed by atoms with Crippen LogP contribution in [0.2, 0.25) is 0 Å². The van der Waals surface area contributed by atoms with E-state index in [0.717, 1.165) is 18.5 Å². The fourth-order valence-electron chi connectivity index (χ4n) is 2.46. The molecule has 0 saturated heterocycles. The van der Waals surface area contributed by atoms with Crippen LogP contribution in [0, 0.1) is 0 Å². The van der Waals surface area contributed by atoms with E-state index in [1.54, 1.807) is 6.20 Å². The third-order valence-corrected chi connectivity index (χ3v) is 3.66. The summed E-state index contributed by atoms with van der Waals surface area (Å²) in [7, 11) is 0. The summed E-state index contributed by atoms with van der Waals surface area (Å²) in [6, 6.07) is 15.5. The Bertz CT molecular complexity index is 751. The van der Waals surface area contributed by atoms with Gasteiger partial charge in [-0.25, -0.2) is 0 Å². The average Bonchev–Trinajstić information content (AvgIpc) is 3.14. The number of carbonyl (C=O) groups excluding carboxylic acids is 1. The van der Waals surface area contributed by atoms with E-state index in [9.17, 15) is 4.79 Å². The summed E-state index contributed by atoms with van der Waals surface area (Å²) in [6.45, 7) is 0.654. The Kier molecular flexibility index (Phi) is 4.84. The van der Waals surface area contributed by atoms with Gasteiger partial charge in [0.05, 0.1) is 0 Å². The van der Waals surface area contributed by atoms with Gasteiger partial charge in [0.25, 0.3) is 5.91 Å². The van der Waals surface area contributed by atoms with Gasteiger partial charge < -0.3 is 9.88 Å². The molecule has 0 aliphatic heterocycles. The van der Waals surface area contributed by atoms with Crippen LogP contribution in [0.4, 0.5) is 0 Å². The van der Waals surface area contributed by atoms with E-state index in [0.29, 0.717) is 12.1 Å². The molecular weight excluding hydrogens is 286 g/mol. The molecule has 0 fully saturated rings. The molecule has 0 unspecified atom stereocenters. The molecule has 2 aromatic heterocycles. The standard InChI is InChI=1S/C19H19N3O/c23-19(21-11-5-7-16-6-4-10-20-15-16)17-8-3-9-18(14-17)22-12-1-2-13-22/h1-4,6,8-10,12-15H,5,7,11H2,(H,21,23). The lowest BCUT2D eigenvalue weighted by molar-refractivity contribution is 0.0953. The van der Waals surface area contributed by atoms with Gasteiger partial charge in [0.2, 0.25) is 0 Å². The highest BCUT2D eigenvalue weighted by Gasteiger charge is 2.06. The third kappa shape index (κ3) is 4.07. The first-order valence-corrected chi connectivity index (χ1v) is 7.73. The second kappa shape index (κ2) is 7.40. The van der Waals surface area contributed by atoms with Crippen molar-refractivity contribution in [3.63, 3.8) is 0 Å². The van der Waals surface area contributed by atoms with Gasteiger partial charge in [-0.1, -0.05) is 12.1 Å². The minimum atomic E-state index is -0.0369. The molecule has 3 aromatic rings. The maximum Gasteiger partial charge on any atom is 0.251 e. The minimum absolute atomic E-state index is 0.0369. The van der Waals surface area contributed by atoms with E-state index >= 15 is 0 Å². The van der Waals surface area contributed by atoms with Crippen molar-refractivity contribution in [2.24, 2.45) is 0 Å². The maximum absolute atomic E-state index is 12.2. The van der Waals surface area contributed by atoms with Crippen LogP contribution < -0.4 is 5.32 Å². The Morgan fingerprint density at radius 2 is 1.96 bits per heavy atom. The lowest BCUT2D eigenvalue weighted by Crippen LogP contribution is -2.24. The largest absolute Gasteiger partial charge is 0.352 e. The predicted octanol–water partition coefficient (Wildman–Crippen LogP) is 3.23. The van der Waals surface area contributed by atoms with Crippen molar-refractivity contribution in [3.8, 4) is 5.69 Å². The van der Waals surface area contributed by atoms with Gasteiger partial charge in [-0.3, -0.25) is 9.78 Å². The molecule has 0 saturated carbocycles. The first-order valence-electron chi connectivity index (χ1n) is 7.73. The normalized spacial score (nSPS) is 10.4. The highest BCUT2D eigenvalue weighted by Crippen LogP contribution is 2.11. The van der Waals surface area contributed by atoms with E-state index in [4.69, 9.17) is 0 Å². The second-order valence-corrected chi connectivity index (χ2v) is 5.36. The fourth-order valence-corrected chi connectivity index (χ4v) is 2.46. The lowest BCUT2D eigenvalue weighted by Gasteiger charge is -2.08. The van der Waals surface area contributed by atoms with Crippen LogP contribution in [0.5, 0.6) is 0 Å². The second-order valence-electron chi connectivity index (χ2n) is 5.36. The molecular formula is C19H19N3O. The zero-order valence-corrected chi connectivity index (χ0v) is 12.9. The van der Waals surface area contributed by atoms with E-state index in [1.807, 2.05) is 65.6 Å². The lowest BCUT2D eigenvalue weighted by atomic mass is 10.1. The molecule has 0 aliphatic carbocycles. The number of amides is 1. The number of nitrogens with one attached hydrogen (secondary N) is 1.